The van der Waals surface area contributed by atoms with E-state index in [2.05, 4.69) is 5.32 Å². The van der Waals surface area contributed by atoms with Gasteiger partial charge in [-0.15, -0.1) is 0 Å². The number of ether oxygens (including phenoxy) is 1. The molecule has 3 aromatic rings. The van der Waals surface area contributed by atoms with Gasteiger partial charge in [-0.1, -0.05) is 97.9 Å². The minimum absolute atomic E-state index is 0.265. The molecule has 0 aliphatic rings. The number of carbonyl (C=O) groups excluding carboxylic acids is 2. The second kappa shape index (κ2) is 9.20. The van der Waals surface area contributed by atoms with Gasteiger partial charge in [-0.25, -0.2) is 4.79 Å². The van der Waals surface area contributed by atoms with E-state index < -0.39 is 17.4 Å². The van der Waals surface area contributed by atoms with Crippen LogP contribution in [0.2, 0.25) is 0 Å². The molecule has 29 heavy (non-hydrogen) atoms. The first kappa shape index (κ1) is 20.3. The summed E-state index contributed by atoms with van der Waals surface area (Å²) in [5.41, 5.74) is 1.38. The molecular formula is C25H25NO3. The van der Waals surface area contributed by atoms with Crippen LogP contribution in [0, 0.1) is 0 Å². The first-order chi connectivity index (χ1) is 14.1. The number of rotatable bonds is 7. The Bertz CT molecular complexity index is 843. The van der Waals surface area contributed by atoms with E-state index in [0.29, 0.717) is 6.42 Å². The quantitative estimate of drug-likeness (QED) is 0.491. The molecule has 3 rings (SSSR count). The Morgan fingerprint density at radius 2 is 1.17 bits per heavy atom. The molecule has 1 atom stereocenters. The van der Waals surface area contributed by atoms with Gasteiger partial charge in [-0.05, 0) is 23.1 Å². The third kappa shape index (κ3) is 3.92. The summed E-state index contributed by atoms with van der Waals surface area (Å²) in [5, 5.41) is 2.94. The molecule has 148 valence electrons. The van der Waals surface area contributed by atoms with Gasteiger partial charge in [0.15, 0.2) is 0 Å². The number of esters is 1. The lowest BCUT2D eigenvalue weighted by Gasteiger charge is -2.35. The van der Waals surface area contributed by atoms with E-state index >= 15 is 0 Å². The van der Waals surface area contributed by atoms with Crippen LogP contribution < -0.4 is 5.32 Å². The first-order valence-electron chi connectivity index (χ1n) is 9.70. The Morgan fingerprint density at radius 3 is 1.48 bits per heavy atom. The lowest BCUT2D eigenvalue weighted by atomic mass is 9.68. The largest absolute Gasteiger partial charge is 0.467 e. The molecule has 0 fully saturated rings. The minimum Gasteiger partial charge on any atom is -0.467 e. The fourth-order valence-electron chi connectivity index (χ4n) is 3.69. The average Bonchev–Trinajstić information content (AvgIpc) is 2.79. The lowest BCUT2D eigenvalue weighted by molar-refractivity contribution is -0.145. The van der Waals surface area contributed by atoms with Crippen LogP contribution in [0.25, 0.3) is 0 Å². The van der Waals surface area contributed by atoms with E-state index in [1.54, 1.807) is 0 Å². The number of nitrogens with one attached hydrogen (secondary N) is 1. The molecule has 4 nitrogen and oxygen atoms in total. The fourth-order valence-corrected chi connectivity index (χ4v) is 3.69. The third-order valence-electron chi connectivity index (χ3n) is 5.16. The first-order valence-corrected chi connectivity index (χ1v) is 9.70. The maximum absolute atomic E-state index is 13.9. The topological polar surface area (TPSA) is 55.4 Å². The van der Waals surface area contributed by atoms with Crippen LogP contribution in [-0.2, 0) is 19.7 Å². The Labute approximate surface area is 171 Å². The lowest BCUT2D eigenvalue weighted by Crippen LogP contribution is -2.52. The Kier molecular flexibility index (Phi) is 6.45. The Balaban J connectivity index is 2.25. The van der Waals surface area contributed by atoms with Crippen LogP contribution in [0.4, 0.5) is 0 Å². The van der Waals surface area contributed by atoms with Crippen LogP contribution in [0.15, 0.2) is 91.0 Å². The number of benzene rings is 3. The molecule has 0 radical (unpaired) electrons. The molecule has 0 saturated heterocycles. The third-order valence-corrected chi connectivity index (χ3v) is 5.16. The predicted molar refractivity (Wildman–Crippen MR) is 113 cm³/mol. The molecular weight excluding hydrogens is 362 g/mol. The molecule has 0 aliphatic heterocycles. The summed E-state index contributed by atoms with van der Waals surface area (Å²) in [6.07, 6.45) is 0.437. The number of hydrogen-bond acceptors (Lipinski definition) is 3. The zero-order valence-corrected chi connectivity index (χ0v) is 16.7. The van der Waals surface area contributed by atoms with E-state index in [-0.39, 0.29) is 5.91 Å². The van der Waals surface area contributed by atoms with Gasteiger partial charge in [0.2, 0.25) is 5.91 Å². The monoisotopic (exact) mass is 387 g/mol. The second-order valence-electron chi connectivity index (χ2n) is 6.81. The van der Waals surface area contributed by atoms with Gasteiger partial charge < -0.3 is 10.1 Å². The highest BCUT2D eigenvalue weighted by Gasteiger charge is 2.44. The molecule has 1 amide bonds. The second-order valence-corrected chi connectivity index (χ2v) is 6.81. The average molecular weight is 387 g/mol. The van der Waals surface area contributed by atoms with Crippen molar-refractivity contribution >= 4 is 11.9 Å². The van der Waals surface area contributed by atoms with Crippen LogP contribution in [-0.4, -0.2) is 25.0 Å². The van der Waals surface area contributed by atoms with Crippen LogP contribution in [0.3, 0.4) is 0 Å². The molecule has 0 unspecified atom stereocenters. The molecule has 4 heteroatoms. The minimum atomic E-state index is -1.11. The smallest absolute Gasteiger partial charge is 0.328 e. The molecule has 0 heterocycles. The highest BCUT2D eigenvalue weighted by atomic mass is 16.5. The SMILES string of the molecule is CC[C@H](NC(=O)C(c1ccccc1)(c1ccccc1)c1ccccc1)C(=O)OC. The molecule has 3 aromatic carbocycles. The van der Waals surface area contributed by atoms with Crippen molar-refractivity contribution in [2.24, 2.45) is 0 Å². The van der Waals surface area contributed by atoms with Crippen molar-refractivity contribution in [3.05, 3.63) is 108 Å². The number of hydrogen-bond donors (Lipinski definition) is 1. The highest BCUT2D eigenvalue weighted by Crippen LogP contribution is 2.39. The summed E-state index contributed by atoms with van der Waals surface area (Å²) in [4.78, 5) is 26.1. The van der Waals surface area contributed by atoms with Gasteiger partial charge in [-0.3, -0.25) is 4.79 Å². The van der Waals surface area contributed by atoms with Crippen molar-refractivity contribution in [1.82, 2.24) is 5.32 Å². The predicted octanol–water partition coefficient (Wildman–Crippen LogP) is 4.09. The van der Waals surface area contributed by atoms with Crippen LogP contribution in [0.1, 0.15) is 30.0 Å². The Morgan fingerprint density at radius 1 is 0.793 bits per heavy atom. The summed E-state index contributed by atoms with van der Waals surface area (Å²) in [5.74, 6) is -0.720. The van der Waals surface area contributed by atoms with Crippen LogP contribution in [0.5, 0.6) is 0 Å². The maximum Gasteiger partial charge on any atom is 0.328 e. The molecule has 1 N–H and O–H groups in total. The Hall–Kier alpha value is -3.40. The molecule has 0 aliphatic carbocycles. The summed E-state index contributed by atoms with van der Waals surface area (Å²) in [7, 11) is 1.33. The van der Waals surface area contributed by atoms with E-state index in [1.807, 2.05) is 97.9 Å². The molecule has 0 saturated carbocycles. The van der Waals surface area contributed by atoms with Crippen molar-refractivity contribution < 1.29 is 14.3 Å². The normalized spacial score (nSPS) is 12.1. The van der Waals surface area contributed by atoms with E-state index in [0.717, 1.165) is 16.7 Å². The van der Waals surface area contributed by atoms with Crippen LogP contribution >= 0.6 is 0 Å². The zero-order valence-electron chi connectivity index (χ0n) is 16.7. The van der Waals surface area contributed by atoms with Crippen molar-refractivity contribution in [2.45, 2.75) is 24.8 Å². The van der Waals surface area contributed by atoms with E-state index in [9.17, 15) is 9.59 Å². The molecule has 0 aromatic heterocycles. The van der Waals surface area contributed by atoms with Gasteiger partial charge in [0.25, 0.3) is 0 Å². The van der Waals surface area contributed by atoms with Gasteiger partial charge in [0, 0.05) is 0 Å². The summed E-state index contributed by atoms with van der Waals surface area (Å²) in [6, 6.07) is 28.2. The van der Waals surface area contributed by atoms with E-state index in [1.165, 1.54) is 7.11 Å². The fraction of sp³-hybridized carbons (Fsp3) is 0.200. The van der Waals surface area contributed by atoms with Gasteiger partial charge in [-0.2, -0.15) is 0 Å². The number of carbonyl (C=O) groups is 2. The van der Waals surface area contributed by atoms with Gasteiger partial charge >= 0.3 is 5.97 Å². The van der Waals surface area contributed by atoms with Gasteiger partial charge in [0.1, 0.15) is 11.5 Å². The highest BCUT2D eigenvalue weighted by molar-refractivity contribution is 5.98. The van der Waals surface area contributed by atoms with Crippen molar-refractivity contribution in [3.63, 3.8) is 0 Å². The van der Waals surface area contributed by atoms with Crippen molar-refractivity contribution in [1.29, 1.82) is 0 Å². The van der Waals surface area contributed by atoms with Gasteiger partial charge in [0.05, 0.1) is 7.11 Å². The number of methoxy groups -OCH3 is 1. The summed E-state index contributed by atoms with van der Waals surface area (Å²) >= 11 is 0. The summed E-state index contributed by atoms with van der Waals surface area (Å²) in [6.45, 7) is 1.84. The molecule has 0 bridgehead atoms. The van der Waals surface area contributed by atoms with Crippen molar-refractivity contribution in [3.8, 4) is 0 Å². The van der Waals surface area contributed by atoms with Crippen molar-refractivity contribution in [2.75, 3.05) is 7.11 Å². The molecule has 0 spiro atoms. The number of amides is 1. The maximum atomic E-state index is 13.9. The standard InChI is InChI=1S/C25H25NO3/c1-3-22(23(27)29-2)26-24(28)25(19-13-7-4-8-14-19,20-15-9-5-10-16-20)21-17-11-6-12-18-21/h4-18,22H,3H2,1-2H3,(H,26,28)/t22-/m0/s1. The zero-order chi connectivity index (χ0) is 20.7. The summed E-state index contributed by atoms with van der Waals surface area (Å²) < 4.78 is 4.88. The van der Waals surface area contributed by atoms with E-state index in [4.69, 9.17) is 4.74 Å².